The van der Waals surface area contributed by atoms with Gasteiger partial charge in [0.2, 0.25) is 0 Å². The maximum atomic E-state index is 6.29. The fourth-order valence-corrected chi connectivity index (χ4v) is 16.2. The number of rotatable bonds is 7. The van der Waals surface area contributed by atoms with Gasteiger partial charge in [0.1, 0.15) is 12.4 Å². The van der Waals surface area contributed by atoms with Crippen LogP contribution in [0.4, 0.5) is 0 Å². The zero-order valence-corrected chi connectivity index (χ0v) is 38.0. The van der Waals surface area contributed by atoms with Gasteiger partial charge in [-0.3, -0.25) is 4.57 Å². The van der Waals surface area contributed by atoms with Crippen molar-refractivity contribution in [3.63, 3.8) is 0 Å². The predicted molar refractivity (Wildman–Crippen MR) is 283 cm³/mol. The normalized spacial score (nSPS) is 12.5. The van der Waals surface area contributed by atoms with Crippen molar-refractivity contribution in [1.29, 1.82) is 0 Å². The van der Waals surface area contributed by atoms with Crippen LogP contribution in [0.2, 0.25) is 0 Å². The molecule has 10 aromatic carbocycles. The van der Waals surface area contributed by atoms with Crippen LogP contribution in [0.3, 0.4) is 0 Å². The van der Waals surface area contributed by atoms with Gasteiger partial charge in [0.25, 0.3) is 0 Å². The number of hydrogen-bond acceptors (Lipinski definition) is 2. The summed E-state index contributed by atoms with van der Waals surface area (Å²) in [5, 5.41) is 10.2. The molecule has 0 unspecified atom stereocenters. The van der Waals surface area contributed by atoms with Crippen LogP contribution in [-0.2, 0) is 6.61 Å². The van der Waals surface area contributed by atoms with Gasteiger partial charge in [0.05, 0.1) is 38.8 Å². The van der Waals surface area contributed by atoms with Gasteiger partial charge < -0.3 is 13.9 Å². The third-order valence-corrected chi connectivity index (χ3v) is 19.0. The third-order valence-electron chi connectivity index (χ3n) is 14.3. The lowest BCUT2D eigenvalue weighted by atomic mass is 10.0. The molecular weight excluding hydrogens is 845 g/mol. The maximum absolute atomic E-state index is 6.29. The van der Waals surface area contributed by atoms with E-state index in [0.717, 1.165) is 50.8 Å². The molecule has 14 rings (SSSR count). The van der Waals surface area contributed by atoms with E-state index in [-0.39, 0.29) is 0 Å². The van der Waals surface area contributed by atoms with Gasteiger partial charge in [-0.2, -0.15) is 0 Å². The second-order valence-electron chi connectivity index (χ2n) is 17.9. The number of fused-ring (bicyclic) bond motifs is 11. The Morgan fingerprint density at radius 3 is 1.54 bits per heavy atom. The van der Waals surface area contributed by atoms with Crippen LogP contribution in [0, 0.1) is 0 Å². The maximum Gasteiger partial charge on any atom is 0.179 e. The van der Waals surface area contributed by atoms with Crippen molar-refractivity contribution in [2.24, 2.45) is 0 Å². The van der Waals surface area contributed by atoms with Crippen molar-refractivity contribution in [1.82, 2.24) is 18.7 Å². The molecule has 6 heteroatoms. The highest BCUT2D eigenvalue weighted by molar-refractivity contribution is 7.20. The Labute approximate surface area is 394 Å². The SMILES string of the molecule is c1ccc([Si](c2ccccc2)(c2cccc(-c3ccc4c(c3)-n3c(nc5ccccc53)CO4)c2)c2cccc(-n3c4ccccc4c4cc(-n5c6ccccc6c6ccccc65)ccc43)c2)cc1. The summed E-state index contributed by atoms with van der Waals surface area (Å²) in [6.45, 7) is 0.441. The molecule has 0 aliphatic carbocycles. The molecule has 5 nitrogen and oxygen atoms in total. The number of benzene rings is 10. The average molecular weight is 887 g/mol. The van der Waals surface area contributed by atoms with E-state index < -0.39 is 8.07 Å². The minimum atomic E-state index is -3.01. The van der Waals surface area contributed by atoms with Crippen molar-refractivity contribution in [2.75, 3.05) is 0 Å². The lowest BCUT2D eigenvalue weighted by molar-refractivity contribution is 0.281. The first-order valence-corrected chi connectivity index (χ1v) is 25.3. The Morgan fingerprint density at radius 1 is 0.353 bits per heavy atom. The van der Waals surface area contributed by atoms with E-state index >= 15 is 0 Å². The summed E-state index contributed by atoms with van der Waals surface area (Å²) < 4.78 is 13.4. The van der Waals surface area contributed by atoms with Crippen molar-refractivity contribution in [3.8, 4) is 33.9 Å². The Bertz CT molecular complexity index is 4020. The molecule has 0 radical (unpaired) electrons. The summed E-state index contributed by atoms with van der Waals surface area (Å²) in [5.74, 6) is 1.78. The molecule has 4 heterocycles. The molecule has 1 aliphatic rings. The minimum Gasteiger partial charge on any atom is -0.483 e. The van der Waals surface area contributed by atoms with Crippen LogP contribution < -0.4 is 25.5 Å². The van der Waals surface area contributed by atoms with Crippen LogP contribution in [-0.4, -0.2) is 26.8 Å². The molecule has 0 bridgehead atoms. The quantitative estimate of drug-likeness (QED) is 0.118. The number of hydrogen-bond donors (Lipinski definition) is 0. The Balaban J connectivity index is 0.968. The van der Waals surface area contributed by atoms with Crippen molar-refractivity contribution >= 4 is 83.5 Å². The number of aromatic nitrogens is 4. The van der Waals surface area contributed by atoms with E-state index in [1.165, 1.54) is 64.4 Å². The first-order valence-electron chi connectivity index (χ1n) is 23.3. The second-order valence-corrected chi connectivity index (χ2v) is 21.7. The Morgan fingerprint density at radius 2 is 0.868 bits per heavy atom. The molecule has 13 aromatic rings. The summed E-state index contributed by atoms with van der Waals surface area (Å²) in [6.07, 6.45) is 0. The summed E-state index contributed by atoms with van der Waals surface area (Å²) in [6, 6.07) is 89.5. The van der Waals surface area contributed by atoms with Crippen molar-refractivity contribution in [2.45, 2.75) is 6.61 Å². The highest BCUT2D eigenvalue weighted by atomic mass is 28.3. The first-order chi connectivity index (χ1) is 33.7. The molecule has 320 valence electrons. The van der Waals surface area contributed by atoms with Gasteiger partial charge in [-0.25, -0.2) is 4.98 Å². The summed E-state index contributed by atoms with van der Waals surface area (Å²) in [7, 11) is -3.01. The molecule has 0 N–H and O–H groups in total. The van der Waals surface area contributed by atoms with Crippen LogP contribution in [0.15, 0.2) is 243 Å². The van der Waals surface area contributed by atoms with Crippen LogP contribution >= 0.6 is 0 Å². The highest BCUT2D eigenvalue weighted by Gasteiger charge is 2.42. The third kappa shape index (κ3) is 5.71. The summed E-state index contributed by atoms with van der Waals surface area (Å²) in [5.41, 5.74) is 12.4. The molecular formula is C62H42N4OSi. The smallest absolute Gasteiger partial charge is 0.179 e. The molecule has 68 heavy (non-hydrogen) atoms. The Kier molecular flexibility index (Phi) is 8.60. The number of ether oxygens (including phenoxy) is 1. The van der Waals surface area contributed by atoms with E-state index in [2.05, 4.69) is 250 Å². The van der Waals surface area contributed by atoms with E-state index in [9.17, 15) is 0 Å². The van der Waals surface area contributed by atoms with Gasteiger partial charge in [-0.05, 0) is 105 Å². The van der Waals surface area contributed by atoms with Crippen LogP contribution in [0.25, 0.3) is 82.8 Å². The average Bonchev–Trinajstić information content (AvgIpc) is 4.07. The monoisotopic (exact) mass is 886 g/mol. The minimum absolute atomic E-state index is 0.441. The topological polar surface area (TPSA) is 36.9 Å². The van der Waals surface area contributed by atoms with Crippen LogP contribution in [0.5, 0.6) is 5.75 Å². The molecule has 0 spiro atoms. The molecule has 1 aliphatic heterocycles. The zero-order chi connectivity index (χ0) is 44.8. The largest absolute Gasteiger partial charge is 0.483 e. The van der Waals surface area contributed by atoms with Crippen LogP contribution in [0.1, 0.15) is 5.82 Å². The van der Waals surface area contributed by atoms with Gasteiger partial charge in [0, 0.05) is 32.9 Å². The van der Waals surface area contributed by atoms with Gasteiger partial charge in [0.15, 0.2) is 13.9 Å². The van der Waals surface area contributed by atoms with E-state index in [1.54, 1.807) is 0 Å². The molecule has 0 amide bonds. The van der Waals surface area contributed by atoms with Gasteiger partial charge in [-0.1, -0.05) is 170 Å². The molecule has 0 saturated carbocycles. The molecule has 0 saturated heterocycles. The van der Waals surface area contributed by atoms with Gasteiger partial charge in [-0.15, -0.1) is 0 Å². The number of imidazole rings is 1. The van der Waals surface area contributed by atoms with E-state index in [0.29, 0.717) is 6.61 Å². The fourth-order valence-electron chi connectivity index (χ4n) is 11.3. The summed E-state index contributed by atoms with van der Waals surface area (Å²) >= 11 is 0. The predicted octanol–water partition coefficient (Wildman–Crippen LogP) is 12.2. The molecule has 0 fully saturated rings. The fraction of sp³-hybridized carbons (Fsp3) is 0.0161. The lowest BCUT2D eigenvalue weighted by Crippen LogP contribution is -2.74. The molecule has 3 aromatic heterocycles. The first kappa shape index (κ1) is 38.5. The number of nitrogens with zero attached hydrogens (tertiary/aromatic N) is 4. The molecule has 0 atom stereocenters. The Hall–Kier alpha value is -8.71. The van der Waals surface area contributed by atoms with Crippen molar-refractivity contribution in [3.05, 3.63) is 248 Å². The standard InChI is InChI=1S/C62H42N4OSi/c1-3-19-46(20-4-1)68(47-21-5-2-6-22-47,48-23-15-17-42(37-48)43-33-36-61-60(38-43)66-59-32-14-10-28-54(59)63-62(66)41-67-61)49-24-16-18-44(39-49)64-57-31-13-9-27-52(57)53-40-45(34-35-58(53)64)65-55-29-11-7-25-50(55)51-26-8-12-30-56(51)65/h1-40H,41H2. The second kappa shape index (κ2) is 15.2. The van der Waals surface area contributed by atoms with E-state index in [4.69, 9.17) is 9.72 Å². The van der Waals surface area contributed by atoms with Gasteiger partial charge >= 0.3 is 0 Å². The van der Waals surface area contributed by atoms with E-state index in [1.807, 2.05) is 6.07 Å². The van der Waals surface area contributed by atoms with Crippen molar-refractivity contribution < 1.29 is 4.74 Å². The summed E-state index contributed by atoms with van der Waals surface area (Å²) in [4.78, 5) is 4.94. The number of para-hydroxylation sites is 5. The highest BCUT2D eigenvalue weighted by Crippen LogP contribution is 2.39. The zero-order valence-electron chi connectivity index (χ0n) is 37.0. The lowest BCUT2D eigenvalue weighted by Gasteiger charge is -2.35.